The lowest BCUT2D eigenvalue weighted by molar-refractivity contribution is 0.184. The molecule has 0 unspecified atom stereocenters. The predicted molar refractivity (Wildman–Crippen MR) is 110 cm³/mol. The predicted octanol–water partition coefficient (Wildman–Crippen LogP) is 5.42. The number of pyridine rings is 1. The van der Waals surface area contributed by atoms with Crippen molar-refractivity contribution in [1.29, 1.82) is 5.26 Å². The van der Waals surface area contributed by atoms with Crippen molar-refractivity contribution in [3.05, 3.63) is 69.0 Å². The van der Waals surface area contributed by atoms with E-state index in [-0.39, 0.29) is 0 Å². The van der Waals surface area contributed by atoms with E-state index in [0.717, 1.165) is 11.3 Å². The van der Waals surface area contributed by atoms with E-state index in [2.05, 4.69) is 21.6 Å². The maximum absolute atomic E-state index is 9.43. The van der Waals surface area contributed by atoms with Crippen molar-refractivity contribution in [3.8, 4) is 17.4 Å². The number of benzene rings is 1. The molecule has 28 heavy (non-hydrogen) atoms. The Kier molecular flexibility index (Phi) is 6.32. The average Bonchev–Trinajstić information content (AvgIpc) is 3.13. The number of aryl methyl sites for hydroxylation is 1. The zero-order chi connectivity index (χ0) is 20.1. The molecule has 0 amide bonds. The Balaban J connectivity index is 1.80. The third-order valence-corrected chi connectivity index (χ3v) is 4.67. The second kappa shape index (κ2) is 8.89. The van der Waals surface area contributed by atoms with Crippen LogP contribution in [0.1, 0.15) is 22.6 Å². The highest BCUT2D eigenvalue weighted by Crippen LogP contribution is 2.34. The number of hydrogen-bond donors (Lipinski definition) is 1. The van der Waals surface area contributed by atoms with Gasteiger partial charge in [0.15, 0.2) is 5.82 Å². The Labute approximate surface area is 172 Å². The second-order valence-electron chi connectivity index (χ2n) is 5.86. The van der Waals surface area contributed by atoms with Gasteiger partial charge in [0.2, 0.25) is 0 Å². The second-order valence-corrected chi connectivity index (χ2v) is 6.65. The van der Waals surface area contributed by atoms with Gasteiger partial charge in [-0.3, -0.25) is 5.43 Å². The number of nitriles is 1. The van der Waals surface area contributed by atoms with Gasteiger partial charge in [-0.05, 0) is 37.3 Å². The fourth-order valence-electron chi connectivity index (χ4n) is 2.63. The van der Waals surface area contributed by atoms with Crippen LogP contribution in [-0.2, 0) is 11.3 Å². The van der Waals surface area contributed by atoms with Crippen LogP contribution in [0, 0.1) is 18.3 Å². The lowest BCUT2D eigenvalue weighted by Crippen LogP contribution is -2.03. The highest BCUT2D eigenvalue weighted by molar-refractivity contribution is 6.43. The molecular formula is C20H16Cl2N4O2. The molecule has 8 heteroatoms. The molecule has 0 radical (unpaired) electrons. The summed E-state index contributed by atoms with van der Waals surface area (Å²) < 4.78 is 10.9. The van der Waals surface area contributed by atoms with Crippen molar-refractivity contribution in [2.45, 2.75) is 13.5 Å². The van der Waals surface area contributed by atoms with Crippen molar-refractivity contribution >= 4 is 35.2 Å². The molecule has 0 saturated carbocycles. The molecule has 0 aliphatic heterocycles. The first-order chi connectivity index (χ1) is 13.5. The summed E-state index contributed by atoms with van der Waals surface area (Å²) in [5.74, 6) is 1.43. The van der Waals surface area contributed by atoms with E-state index >= 15 is 0 Å². The lowest BCUT2D eigenvalue weighted by Gasteiger charge is -2.08. The first-order valence-corrected chi connectivity index (χ1v) is 9.02. The Morgan fingerprint density at radius 2 is 2.14 bits per heavy atom. The van der Waals surface area contributed by atoms with E-state index in [9.17, 15) is 5.26 Å². The lowest BCUT2D eigenvalue weighted by atomic mass is 10.1. The van der Waals surface area contributed by atoms with Crippen molar-refractivity contribution in [1.82, 2.24) is 4.98 Å². The van der Waals surface area contributed by atoms with Crippen LogP contribution in [0.25, 0.3) is 11.3 Å². The molecule has 0 atom stereocenters. The fraction of sp³-hybridized carbons (Fsp3) is 0.150. The van der Waals surface area contributed by atoms with Gasteiger partial charge in [0, 0.05) is 23.9 Å². The Morgan fingerprint density at radius 3 is 2.89 bits per heavy atom. The van der Waals surface area contributed by atoms with E-state index in [1.165, 1.54) is 6.21 Å². The molecule has 3 rings (SSSR count). The Hall–Kier alpha value is -2.85. The van der Waals surface area contributed by atoms with Gasteiger partial charge >= 0.3 is 0 Å². The summed E-state index contributed by atoms with van der Waals surface area (Å²) in [6, 6.07) is 12.8. The van der Waals surface area contributed by atoms with E-state index in [0.29, 0.717) is 45.1 Å². The summed E-state index contributed by atoms with van der Waals surface area (Å²) in [5, 5.41) is 14.4. The first kappa shape index (κ1) is 19.9. The van der Waals surface area contributed by atoms with Crippen LogP contribution in [0.15, 0.2) is 45.9 Å². The van der Waals surface area contributed by atoms with Gasteiger partial charge in [0.1, 0.15) is 23.2 Å². The number of furan rings is 1. The maximum Gasteiger partial charge on any atom is 0.164 e. The third-order valence-electron chi connectivity index (χ3n) is 3.85. The van der Waals surface area contributed by atoms with Gasteiger partial charge in [-0.1, -0.05) is 29.3 Å². The Bertz CT molecular complexity index is 1070. The third kappa shape index (κ3) is 4.34. The van der Waals surface area contributed by atoms with Crippen molar-refractivity contribution < 1.29 is 9.15 Å². The summed E-state index contributed by atoms with van der Waals surface area (Å²) >= 11 is 12.3. The molecule has 2 heterocycles. The highest BCUT2D eigenvalue weighted by atomic mass is 35.5. The molecule has 3 aromatic rings. The summed E-state index contributed by atoms with van der Waals surface area (Å²) in [4.78, 5) is 4.33. The molecule has 1 aromatic carbocycles. The minimum absolute atomic E-state index is 0.312. The van der Waals surface area contributed by atoms with Crippen molar-refractivity contribution in [2.75, 3.05) is 12.5 Å². The molecule has 0 fully saturated rings. The van der Waals surface area contributed by atoms with Crippen LogP contribution in [0.5, 0.6) is 0 Å². The average molecular weight is 415 g/mol. The van der Waals surface area contributed by atoms with E-state index in [4.69, 9.17) is 32.4 Å². The first-order valence-electron chi connectivity index (χ1n) is 8.26. The number of halogens is 2. The van der Waals surface area contributed by atoms with Crippen LogP contribution in [-0.4, -0.2) is 18.3 Å². The molecule has 0 aliphatic carbocycles. The van der Waals surface area contributed by atoms with E-state index in [1.807, 2.05) is 19.1 Å². The van der Waals surface area contributed by atoms with Crippen LogP contribution in [0.3, 0.4) is 0 Å². The van der Waals surface area contributed by atoms with E-state index < -0.39 is 0 Å². The van der Waals surface area contributed by atoms with Crippen molar-refractivity contribution in [2.24, 2.45) is 5.10 Å². The molecule has 0 spiro atoms. The topological polar surface area (TPSA) is 83.4 Å². The quantitative estimate of drug-likeness (QED) is 0.429. The Morgan fingerprint density at radius 1 is 1.32 bits per heavy atom. The summed E-state index contributed by atoms with van der Waals surface area (Å²) in [6.45, 7) is 2.15. The highest BCUT2D eigenvalue weighted by Gasteiger charge is 2.12. The van der Waals surface area contributed by atoms with Crippen LogP contribution in [0.2, 0.25) is 10.0 Å². The largest absolute Gasteiger partial charge is 0.455 e. The molecule has 142 valence electrons. The van der Waals surface area contributed by atoms with Crippen LogP contribution in [0.4, 0.5) is 5.82 Å². The summed E-state index contributed by atoms with van der Waals surface area (Å²) in [5.41, 5.74) is 5.36. The summed E-state index contributed by atoms with van der Waals surface area (Å²) in [7, 11) is 1.57. The minimum Gasteiger partial charge on any atom is -0.455 e. The van der Waals surface area contributed by atoms with Crippen LogP contribution < -0.4 is 5.43 Å². The summed E-state index contributed by atoms with van der Waals surface area (Å²) in [6.07, 6.45) is 1.49. The van der Waals surface area contributed by atoms with Gasteiger partial charge < -0.3 is 9.15 Å². The number of methoxy groups -OCH3 is 1. The number of nitrogens with zero attached hydrogens (tertiary/aromatic N) is 3. The van der Waals surface area contributed by atoms with Crippen LogP contribution >= 0.6 is 23.2 Å². The zero-order valence-corrected chi connectivity index (χ0v) is 16.7. The van der Waals surface area contributed by atoms with Gasteiger partial charge in [-0.2, -0.15) is 10.4 Å². The number of hydrazone groups is 1. The number of aromatic nitrogens is 1. The van der Waals surface area contributed by atoms with Gasteiger partial charge in [-0.15, -0.1) is 0 Å². The minimum atomic E-state index is 0.312. The molecule has 0 saturated heterocycles. The monoisotopic (exact) mass is 414 g/mol. The molecule has 1 N–H and O–H groups in total. The number of anilines is 1. The number of ether oxygens (including phenoxy) is 1. The number of nitrogens with one attached hydrogen (secondary N) is 1. The smallest absolute Gasteiger partial charge is 0.164 e. The fourth-order valence-corrected chi connectivity index (χ4v) is 3.03. The van der Waals surface area contributed by atoms with Gasteiger partial charge in [0.05, 0.1) is 22.9 Å². The maximum atomic E-state index is 9.43. The molecule has 0 bridgehead atoms. The molecule has 2 aromatic heterocycles. The van der Waals surface area contributed by atoms with Gasteiger partial charge in [-0.25, -0.2) is 4.98 Å². The normalized spacial score (nSPS) is 11.0. The zero-order valence-electron chi connectivity index (χ0n) is 15.2. The number of hydrogen-bond acceptors (Lipinski definition) is 6. The molecule has 0 aliphatic rings. The van der Waals surface area contributed by atoms with E-state index in [1.54, 1.807) is 31.4 Å². The molecular weight excluding hydrogens is 399 g/mol. The number of rotatable bonds is 6. The standard InChI is InChI=1S/C20H16Cl2N4O2/c1-12-8-13(11-27-2)16(9-23)20(25-12)26-24-10-14-6-7-18(28-14)15-4-3-5-17(21)19(15)22/h3-8,10H,11H2,1-2H3,(H,25,26)/b24-10-. The molecule has 6 nitrogen and oxygen atoms in total. The SMILES string of the molecule is COCc1cc(C)nc(N/N=C\c2ccc(-c3cccc(Cl)c3Cl)o2)c1C#N. The van der Waals surface area contributed by atoms with Gasteiger partial charge in [0.25, 0.3) is 0 Å². The van der Waals surface area contributed by atoms with Crippen molar-refractivity contribution in [3.63, 3.8) is 0 Å².